The van der Waals surface area contributed by atoms with E-state index in [1.807, 2.05) is 0 Å². The van der Waals surface area contributed by atoms with Crippen LogP contribution in [-0.2, 0) is 4.79 Å². The number of aliphatic hydroxyl groups is 1. The van der Waals surface area contributed by atoms with Crippen molar-refractivity contribution in [3.63, 3.8) is 0 Å². The first-order valence-corrected chi connectivity index (χ1v) is 6.54. The van der Waals surface area contributed by atoms with Crippen molar-refractivity contribution in [1.29, 1.82) is 0 Å². The molecule has 1 saturated carbocycles. The van der Waals surface area contributed by atoms with Gasteiger partial charge in [-0.25, -0.2) is 0 Å². The number of nitro groups is 1. The van der Waals surface area contributed by atoms with Gasteiger partial charge < -0.3 is 5.11 Å². The van der Waals surface area contributed by atoms with Gasteiger partial charge in [-0.2, -0.15) is 0 Å². The van der Waals surface area contributed by atoms with Crippen LogP contribution < -0.4 is 0 Å². The van der Waals surface area contributed by atoms with Gasteiger partial charge >= 0.3 is 0 Å². The van der Waals surface area contributed by atoms with Gasteiger partial charge in [-0.3, -0.25) is 14.9 Å². The zero-order valence-electron chi connectivity index (χ0n) is 10.6. The number of nitro benzene ring substituents is 1. The van der Waals surface area contributed by atoms with Crippen LogP contribution in [0.2, 0.25) is 0 Å². The number of benzene rings is 1. The van der Waals surface area contributed by atoms with Crippen LogP contribution in [0.5, 0.6) is 0 Å². The number of Topliss-reactive ketones (excluding diaryl/α,β-unsaturated/α-hetero) is 1. The van der Waals surface area contributed by atoms with E-state index >= 15 is 0 Å². The molecular formula is C14H17NO4. The molecule has 1 N–H and O–H groups in total. The van der Waals surface area contributed by atoms with Crippen molar-refractivity contribution < 1.29 is 14.8 Å². The molecule has 0 amide bonds. The Morgan fingerprint density at radius 1 is 1.21 bits per heavy atom. The van der Waals surface area contributed by atoms with Crippen LogP contribution in [0.4, 0.5) is 5.69 Å². The van der Waals surface area contributed by atoms with Crippen LogP contribution in [0, 0.1) is 16.0 Å². The lowest BCUT2D eigenvalue weighted by atomic mass is 9.88. The molecule has 5 heteroatoms. The lowest BCUT2D eigenvalue weighted by Crippen LogP contribution is -2.21. The molecule has 0 heterocycles. The molecule has 1 fully saturated rings. The van der Waals surface area contributed by atoms with Gasteiger partial charge in [-0.1, -0.05) is 12.8 Å². The Kier molecular flexibility index (Phi) is 4.27. The van der Waals surface area contributed by atoms with E-state index in [9.17, 15) is 20.0 Å². The number of nitrogens with zero attached hydrogens (tertiary/aromatic N) is 1. The topological polar surface area (TPSA) is 80.4 Å². The van der Waals surface area contributed by atoms with Gasteiger partial charge in [0.05, 0.1) is 11.0 Å². The van der Waals surface area contributed by atoms with Crippen molar-refractivity contribution in [3.05, 3.63) is 39.9 Å². The highest BCUT2D eigenvalue weighted by Gasteiger charge is 2.28. The van der Waals surface area contributed by atoms with Crippen LogP contribution >= 0.6 is 0 Å². The number of hydrogen-bond donors (Lipinski definition) is 1. The maximum atomic E-state index is 11.9. The summed E-state index contributed by atoms with van der Waals surface area (Å²) in [4.78, 5) is 22.0. The molecule has 1 aromatic carbocycles. The number of hydrogen-bond acceptors (Lipinski definition) is 4. The Hall–Kier alpha value is -1.75. The van der Waals surface area contributed by atoms with E-state index in [0.29, 0.717) is 18.4 Å². The predicted octanol–water partition coefficient (Wildman–Crippen LogP) is 2.78. The molecule has 0 aliphatic heterocycles. The Morgan fingerprint density at radius 3 is 2.53 bits per heavy atom. The summed E-state index contributed by atoms with van der Waals surface area (Å²) in [6.07, 6.45) is 3.22. The molecule has 1 aromatic rings. The molecule has 0 spiro atoms. The van der Waals surface area contributed by atoms with E-state index in [2.05, 4.69) is 0 Å². The van der Waals surface area contributed by atoms with Crippen molar-refractivity contribution in [2.75, 3.05) is 0 Å². The normalized spacial score (nSPS) is 21.7. The molecular weight excluding hydrogens is 246 g/mol. The molecule has 0 radical (unpaired) electrons. The summed E-state index contributed by atoms with van der Waals surface area (Å²) in [5.41, 5.74) is 0.564. The van der Waals surface area contributed by atoms with Crippen molar-refractivity contribution in [3.8, 4) is 0 Å². The minimum atomic E-state index is -0.855. The van der Waals surface area contributed by atoms with E-state index in [-0.39, 0.29) is 17.4 Å². The second kappa shape index (κ2) is 5.93. The number of ketones is 1. The molecule has 0 bridgehead atoms. The van der Waals surface area contributed by atoms with E-state index in [1.54, 1.807) is 0 Å². The number of aliphatic hydroxyl groups excluding tert-OH is 1. The fraction of sp³-hybridized carbons (Fsp3) is 0.500. The monoisotopic (exact) mass is 263 g/mol. The van der Waals surface area contributed by atoms with Gasteiger partial charge in [-0.05, 0) is 30.5 Å². The highest BCUT2D eigenvalue weighted by Crippen LogP contribution is 2.31. The Labute approximate surface area is 111 Å². The summed E-state index contributed by atoms with van der Waals surface area (Å²) < 4.78 is 0. The first-order chi connectivity index (χ1) is 9.09. The molecule has 1 unspecified atom stereocenters. The molecule has 1 aliphatic rings. The van der Waals surface area contributed by atoms with Crippen molar-refractivity contribution in [1.82, 2.24) is 0 Å². The zero-order valence-corrected chi connectivity index (χ0v) is 10.6. The Balaban J connectivity index is 2.15. The van der Waals surface area contributed by atoms with Crippen molar-refractivity contribution in [2.45, 2.75) is 38.2 Å². The summed E-state index contributed by atoms with van der Waals surface area (Å²) in [6, 6.07) is 5.78. The number of rotatable bonds is 3. The second-order valence-corrected chi connectivity index (χ2v) is 4.97. The van der Waals surface area contributed by atoms with Gasteiger partial charge in [0.25, 0.3) is 5.69 Å². The maximum absolute atomic E-state index is 11.9. The predicted molar refractivity (Wildman–Crippen MR) is 69.6 cm³/mol. The van der Waals surface area contributed by atoms with Crippen LogP contribution in [0.25, 0.3) is 0 Å². The van der Waals surface area contributed by atoms with Crippen LogP contribution in [0.3, 0.4) is 0 Å². The smallest absolute Gasteiger partial charge is 0.269 e. The average molecular weight is 263 g/mol. The molecule has 102 valence electrons. The first kappa shape index (κ1) is 13.7. The molecule has 0 aromatic heterocycles. The van der Waals surface area contributed by atoms with Gasteiger partial charge in [0.2, 0.25) is 0 Å². The average Bonchev–Trinajstić information content (AvgIpc) is 2.63. The lowest BCUT2D eigenvalue weighted by Gasteiger charge is -2.20. The summed E-state index contributed by atoms with van der Waals surface area (Å²) in [6.45, 7) is 0. The Bertz CT molecular complexity index is 469. The quantitative estimate of drug-likeness (QED) is 0.516. The van der Waals surface area contributed by atoms with Crippen LogP contribution in [0.1, 0.15) is 43.8 Å². The van der Waals surface area contributed by atoms with Gasteiger partial charge in [0, 0.05) is 24.5 Å². The minimum Gasteiger partial charge on any atom is -0.388 e. The SMILES string of the molecule is O=C1CCCCC[C@@H]1C(O)c1ccc([N+](=O)[O-])cc1. The summed E-state index contributed by atoms with van der Waals surface area (Å²) in [7, 11) is 0. The van der Waals surface area contributed by atoms with Crippen LogP contribution in [-0.4, -0.2) is 15.8 Å². The molecule has 1 aliphatic carbocycles. The summed E-state index contributed by atoms with van der Waals surface area (Å²) in [5, 5.41) is 20.8. The first-order valence-electron chi connectivity index (χ1n) is 6.54. The standard InChI is InChI=1S/C14H17NO4/c16-13-5-3-1-2-4-12(13)14(17)10-6-8-11(9-7-10)15(18)19/h6-9,12,14,17H,1-5H2/t12-,14?/m0/s1. The van der Waals surface area contributed by atoms with E-state index < -0.39 is 11.0 Å². The summed E-state index contributed by atoms with van der Waals surface area (Å²) >= 11 is 0. The largest absolute Gasteiger partial charge is 0.388 e. The van der Waals surface area contributed by atoms with Gasteiger partial charge in [0.15, 0.2) is 0 Å². The molecule has 2 atom stereocenters. The van der Waals surface area contributed by atoms with Gasteiger partial charge in [0.1, 0.15) is 5.78 Å². The molecule has 2 rings (SSSR count). The number of non-ortho nitro benzene ring substituents is 1. The third kappa shape index (κ3) is 3.17. The van der Waals surface area contributed by atoms with Crippen molar-refractivity contribution >= 4 is 11.5 Å². The zero-order chi connectivity index (χ0) is 13.8. The maximum Gasteiger partial charge on any atom is 0.269 e. The number of carbonyl (C=O) groups excluding carboxylic acids is 1. The summed E-state index contributed by atoms with van der Waals surface area (Å²) in [5.74, 6) is -0.271. The van der Waals surface area contributed by atoms with E-state index in [0.717, 1.165) is 19.3 Å². The number of carbonyl (C=O) groups is 1. The second-order valence-electron chi connectivity index (χ2n) is 4.97. The highest BCUT2D eigenvalue weighted by molar-refractivity contribution is 5.82. The van der Waals surface area contributed by atoms with E-state index in [4.69, 9.17) is 0 Å². The lowest BCUT2D eigenvalue weighted by molar-refractivity contribution is -0.384. The fourth-order valence-corrected chi connectivity index (χ4v) is 2.55. The van der Waals surface area contributed by atoms with Crippen LogP contribution in [0.15, 0.2) is 24.3 Å². The molecule has 0 saturated heterocycles. The highest BCUT2D eigenvalue weighted by atomic mass is 16.6. The van der Waals surface area contributed by atoms with E-state index in [1.165, 1.54) is 24.3 Å². The molecule has 19 heavy (non-hydrogen) atoms. The minimum absolute atomic E-state index is 0.0110. The third-order valence-electron chi connectivity index (χ3n) is 3.68. The third-order valence-corrected chi connectivity index (χ3v) is 3.68. The fourth-order valence-electron chi connectivity index (χ4n) is 2.55. The molecule has 5 nitrogen and oxygen atoms in total. The Morgan fingerprint density at radius 2 is 1.89 bits per heavy atom. The van der Waals surface area contributed by atoms with Crippen molar-refractivity contribution in [2.24, 2.45) is 5.92 Å². The van der Waals surface area contributed by atoms with Gasteiger partial charge in [-0.15, -0.1) is 0 Å².